The molecule has 13 heteroatoms. The molecule has 2 saturated heterocycles. The van der Waals surface area contributed by atoms with E-state index in [1.807, 2.05) is 48.2 Å². The third-order valence-corrected chi connectivity index (χ3v) is 8.88. The maximum absolute atomic E-state index is 13.9. The minimum atomic E-state index is -0.480. The van der Waals surface area contributed by atoms with Gasteiger partial charge in [-0.05, 0) is 99.1 Å². The molecule has 10 nitrogen and oxygen atoms in total. The first-order chi connectivity index (χ1) is 22.7. The van der Waals surface area contributed by atoms with E-state index in [1.54, 1.807) is 12.3 Å². The summed E-state index contributed by atoms with van der Waals surface area (Å²) in [5, 5.41) is 19.0. The second-order valence-electron chi connectivity index (χ2n) is 11.2. The molecule has 0 aliphatic carbocycles. The molecule has 3 aromatic rings. The minimum absolute atomic E-state index is 0.0575. The molecular weight excluding hydrogens is 667 g/mol. The predicted molar refractivity (Wildman–Crippen MR) is 185 cm³/mol. The van der Waals surface area contributed by atoms with E-state index in [2.05, 4.69) is 21.3 Å². The number of nitrogens with zero attached hydrogens (tertiary/aromatic N) is 3. The monoisotopic (exact) mass is 706 g/mol. The van der Waals surface area contributed by atoms with Crippen LogP contribution in [-0.4, -0.2) is 89.2 Å². The minimum Gasteiger partial charge on any atom is -0.492 e. The van der Waals surface area contributed by atoms with Crippen LogP contribution in [0.4, 0.5) is 5.69 Å². The topological polar surface area (TPSA) is 132 Å². The number of ether oxygens (including phenoxy) is 1. The zero-order valence-corrected chi connectivity index (χ0v) is 28.6. The summed E-state index contributed by atoms with van der Waals surface area (Å²) >= 11 is 19.0. The van der Waals surface area contributed by atoms with E-state index >= 15 is 0 Å². The van der Waals surface area contributed by atoms with Crippen molar-refractivity contribution in [1.82, 2.24) is 14.8 Å². The number of rotatable bonds is 10. The van der Waals surface area contributed by atoms with E-state index in [1.165, 1.54) is 18.4 Å². The van der Waals surface area contributed by atoms with Gasteiger partial charge in [0.15, 0.2) is 0 Å². The summed E-state index contributed by atoms with van der Waals surface area (Å²) in [6.07, 6.45) is 6.45. The van der Waals surface area contributed by atoms with Crippen molar-refractivity contribution in [2.45, 2.75) is 51.0 Å². The molecule has 2 aliphatic heterocycles. The van der Waals surface area contributed by atoms with Gasteiger partial charge in [-0.1, -0.05) is 46.9 Å². The van der Waals surface area contributed by atoms with Crippen LogP contribution in [0.1, 0.15) is 48.4 Å². The summed E-state index contributed by atoms with van der Waals surface area (Å²) in [5.41, 5.74) is 3.79. The number of amides is 1. The van der Waals surface area contributed by atoms with Gasteiger partial charge in [0.25, 0.3) is 12.9 Å². The van der Waals surface area contributed by atoms with Crippen LogP contribution >= 0.6 is 34.8 Å². The summed E-state index contributed by atoms with van der Waals surface area (Å²) in [7, 11) is 0. The molecule has 1 aromatic heterocycles. The molecule has 0 radical (unpaired) electrons. The van der Waals surface area contributed by atoms with Gasteiger partial charge in [0.2, 0.25) is 5.91 Å². The van der Waals surface area contributed by atoms with E-state index in [0.717, 1.165) is 55.2 Å². The lowest BCUT2D eigenvalue weighted by molar-refractivity contribution is -0.133. The van der Waals surface area contributed by atoms with Gasteiger partial charge in [-0.2, -0.15) is 0 Å². The van der Waals surface area contributed by atoms with E-state index in [9.17, 15) is 4.79 Å². The van der Waals surface area contributed by atoms with Crippen LogP contribution in [-0.2, 0) is 20.8 Å². The largest absolute Gasteiger partial charge is 0.492 e. The Balaban J connectivity index is 0.000000930. The third kappa shape index (κ3) is 12.2. The molecule has 254 valence electrons. The Morgan fingerprint density at radius 1 is 0.979 bits per heavy atom. The van der Waals surface area contributed by atoms with Gasteiger partial charge >= 0.3 is 0 Å². The molecule has 47 heavy (non-hydrogen) atoms. The highest BCUT2D eigenvalue weighted by molar-refractivity contribution is 6.35. The first-order valence-electron chi connectivity index (χ1n) is 15.4. The van der Waals surface area contributed by atoms with Crippen LogP contribution in [0.25, 0.3) is 0 Å². The number of benzene rings is 2. The highest BCUT2D eigenvalue weighted by Gasteiger charge is 2.31. The van der Waals surface area contributed by atoms with Gasteiger partial charge in [0.05, 0.1) is 0 Å². The highest BCUT2D eigenvalue weighted by atomic mass is 35.5. The fourth-order valence-electron chi connectivity index (χ4n) is 5.84. The van der Waals surface area contributed by atoms with Crippen molar-refractivity contribution in [3.63, 3.8) is 0 Å². The summed E-state index contributed by atoms with van der Waals surface area (Å²) < 4.78 is 6.26. The molecule has 2 fully saturated rings. The Morgan fingerprint density at radius 2 is 1.62 bits per heavy atom. The number of nitrogens with one attached hydrogen (secondary N) is 1. The number of carbonyl (C=O) groups is 3. The zero-order chi connectivity index (χ0) is 34.2. The van der Waals surface area contributed by atoms with Crippen LogP contribution in [0.2, 0.25) is 15.1 Å². The summed E-state index contributed by atoms with van der Waals surface area (Å²) in [6, 6.07) is 14.7. The van der Waals surface area contributed by atoms with Crippen molar-refractivity contribution in [2.75, 3.05) is 44.6 Å². The molecule has 0 bridgehead atoms. The molecule has 1 atom stereocenters. The molecule has 0 spiro atoms. The van der Waals surface area contributed by atoms with Crippen molar-refractivity contribution in [1.29, 1.82) is 0 Å². The molecule has 2 aliphatic rings. The number of aromatic nitrogens is 1. The Kier molecular flexibility index (Phi) is 16.1. The van der Waals surface area contributed by atoms with Crippen molar-refractivity contribution in [3.8, 4) is 5.75 Å². The molecule has 0 saturated carbocycles. The SMILES string of the molecule is Cc1cc(N[C@H](Cc2ccc(Cl)cc2Cl)C(=O)N2CCC(c3ccc(Cl)cc3OCCN3CCCC3)CC2)ccn1.O=CO.O=CO. The number of hydrogen-bond acceptors (Lipinski definition) is 7. The van der Waals surface area contributed by atoms with Gasteiger partial charge in [-0.15, -0.1) is 0 Å². The average molecular weight is 708 g/mol. The Morgan fingerprint density at radius 3 is 2.26 bits per heavy atom. The number of halogens is 3. The maximum atomic E-state index is 13.9. The van der Waals surface area contributed by atoms with Crippen LogP contribution < -0.4 is 10.1 Å². The quantitative estimate of drug-likeness (QED) is 0.198. The summed E-state index contributed by atoms with van der Waals surface area (Å²) in [4.78, 5) is 39.3. The molecule has 3 heterocycles. The molecule has 0 unspecified atom stereocenters. The van der Waals surface area contributed by atoms with Gasteiger partial charge in [0, 0.05) is 58.7 Å². The average Bonchev–Trinajstić information content (AvgIpc) is 3.56. The highest BCUT2D eigenvalue weighted by Crippen LogP contribution is 2.36. The van der Waals surface area contributed by atoms with Crippen LogP contribution in [0.15, 0.2) is 54.7 Å². The van der Waals surface area contributed by atoms with E-state index in [0.29, 0.717) is 47.1 Å². The lowest BCUT2D eigenvalue weighted by atomic mass is 9.88. The fourth-order valence-corrected chi connectivity index (χ4v) is 6.48. The number of likely N-dealkylation sites (tertiary alicyclic amines) is 2. The zero-order valence-electron chi connectivity index (χ0n) is 26.3. The van der Waals surface area contributed by atoms with Crippen molar-refractivity contribution in [2.24, 2.45) is 0 Å². The van der Waals surface area contributed by atoms with Crippen LogP contribution in [0.5, 0.6) is 5.75 Å². The number of carboxylic acid groups (broad SMARTS) is 2. The van der Waals surface area contributed by atoms with Crippen LogP contribution in [0.3, 0.4) is 0 Å². The number of piperidine rings is 1. The first-order valence-corrected chi connectivity index (χ1v) is 16.5. The number of carbonyl (C=O) groups excluding carboxylic acids is 1. The second-order valence-corrected chi connectivity index (χ2v) is 12.5. The lowest BCUT2D eigenvalue weighted by Crippen LogP contribution is -2.47. The van der Waals surface area contributed by atoms with Crippen molar-refractivity contribution >= 4 is 59.3 Å². The third-order valence-electron chi connectivity index (χ3n) is 8.06. The Bertz CT molecular complexity index is 1440. The molecule has 1 amide bonds. The van der Waals surface area contributed by atoms with E-state index in [4.69, 9.17) is 59.3 Å². The van der Waals surface area contributed by atoms with E-state index < -0.39 is 6.04 Å². The molecular formula is C34H41Cl3N4O6. The number of aryl methyl sites for hydroxylation is 1. The van der Waals surface area contributed by atoms with Crippen molar-refractivity contribution < 1.29 is 29.3 Å². The van der Waals surface area contributed by atoms with Gasteiger partial charge in [0.1, 0.15) is 18.4 Å². The first kappa shape index (κ1) is 37.9. The standard InChI is InChI=1S/C32H37Cl3N4O2.2CH2O2/c1-22-18-27(8-11-36-22)37-30(19-24-4-5-25(33)20-29(24)35)32(40)39-14-9-23(10-15-39)28-7-6-26(34)21-31(28)41-17-16-38-12-2-3-13-38;2*2-1-3/h4-8,11,18,20-21,23,30H,2-3,9-10,12-17,19H2,1H3,(H,36,37);2*1H,(H,2,3)/t30-;;/m1../s1. The van der Waals surface area contributed by atoms with Gasteiger partial charge in [-0.3, -0.25) is 24.3 Å². The fraction of sp³-hybridized carbons (Fsp3) is 0.412. The summed E-state index contributed by atoms with van der Waals surface area (Å²) in [5.74, 6) is 1.23. The molecule has 2 aromatic carbocycles. The number of pyridine rings is 1. The lowest BCUT2D eigenvalue weighted by Gasteiger charge is -2.35. The maximum Gasteiger partial charge on any atom is 0.290 e. The number of anilines is 1. The van der Waals surface area contributed by atoms with Crippen molar-refractivity contribution in [3.05, 3.63) is 86.6 Å². The Labute approximate surface area is 290 Å². The second kappa shape index (κ2) is 19.9. The molecule has 3 N–H and O–H groups in total. The Hall–Kier alpha value is -3.57. The smallest absolute Gasteiger partial charge is 0.290 e. The van der Waals surface area contributed by atoms with Gasteiger partial charge < -0.3 is 25.2 Å². The predicted octanol–water partition coefficient (Wildman–Crippen LogP) is 6.66. The summed E-state index contributed by atoms with van der Waals surface area (Å²) in [6.45, 7) is 6.66. The normalized spacial score (nSPS) is 15.4. The number of hydrogen-bond donors (Lipinski definition) is 3. The van der Waals surface area contributed by atoms with E-state index in [-0.39, 0.29) is 18.9 Å². The van der Waals surface area contributed by atoms with Gasteiger partial charge in [-0.25, -0.2) is 0 Å². The van der Waals surface area contributed by atoms with Crippen LogP contribution in [0, 0.1) is 6.92 Å². The molecule has 5 rings (SSSR count).